The van der Waals surface area contributed by atoms with Crippen LogP contribution in [-0.4, -0.2) is 36.0 Å². The Kier molecular flexibility index (Phi) is 8.92. The van der Waals surface area contributed by atoms with E-state index in [-0.39, 0.29) is 18.8 Å². The molecular formula is C16H24F6O4. The molecule has 0 spiro atoms. The fourth-order valence-electron chi connectivity index (χ4n) is 1.93. The molecule has 0 aromatic heterocycles. The van der Waals surface area contributed by atoms with Crippen molar-refractivity contribution in [2.24, 2.45) is 5.92 Å². The zero-order valence-corrected chi connectivity index (χ0v) is 15.1. The highest BCUT2D eigenvalue weighted by atomic mass is 19.4. The Bertz CT molecular complexity index is 460. The van der Waals surface area contributed by atoms with Gasteiger partial charge in [-0.25, -0.2) is 0 Å². The van der Waals surface area contributed by atoms with E-state index in [2.05, 4.69) is 4.74 Å². The van der Waals surface area contributed by atoms with Crippen molar-refractivity contribution in [1.82, 2.24) is 0 Å². The fraction of sp³-hybridized carbons (Fsp3) is 0.875. The van der Waals surface area contributed by atoms with E-state index in [0.717, 1.165) is 0 Å². The quantitative estimate of drug-likeness (QED) is 0.410. The number of hydrogen-bond donors (Lipinski definition) is 0. The van der Waals surface area contributed by atoms with Crippen LogP contribution < -0.4 is 0 Å². The van der Waals surface area contributed by atoms with Crippen molar-refractivity contribution in [1.29, 1.82) is 0 Å². The monoisotopic (exact) mass is 394 g/mol. The number of hydrogen-bond acceptors (Lipinski definition) is 4. The third-order valence-electron chi connectivity index (χ3n) is 4.04. The number of rotatable bonds is 9. The van der Waals surface area contributed by atoms with Gasteiger partial charge in [-0.1, -0.05) is 20.8 Å². The summed E-state index contributed by atoms with van der Waals surface area (Å²) in [5.41, 5.74) is -0.964. The van der Waals surface area contributed by atoms with Gasteiger partial charge in [-0.15, -0.1) is 0 Å². The van der Waals surface area contributed by atoms with Crippen LogP contribution in [0.15, 0.2) is 0 Å². The van der Waals surface area contributed by atoms with E-state index in [4.69, 9.17) is 4.74 Å². The third-order valence-corrected chi connectivity index (χ3v) is 4.04. The summed E-state index contributed by atoms with van der Waals surface area (Å²) in [6.45, 7) is 6.77. The highest BCUT2D eigenvalue weighted by molar-refractivity contribution is 5.72. The first-order valence-electron chi connectivity index (χ1n) is 8.22. The molecule has 2 unspecified atom stereocenters. The van der Waals surface area contributed by atoms with Gasteiger partial charge in [-0.05, 0) is 32.6 Å². The fourth-order valence-corrected chi connectivity index (χ4v) is 1.93. The lowest BCUT2D eigenvalue weighted by atomic mass is 9.95. The molecule has 154 valence electrons. The predicted molar refractivity (Wildman–Crippen MR) is 80.1 cm³/mol. The lowest BCUT2D eigenvalue weighted by molar-refractivity contribution is -0.313. The van der Waals surface area contributed by atoms with E-state index >= 15 is 0 Å². The molecule has 0 heterocycles. The van der Waals surface area contributed by atoms with Crippen molar-refractivity contribution in [2.75, 3.05) is 0 Å². The van der Waals surface area contributed by atoms with Crippen LogP contribution in [0.3, 0.4) is 0 Å². The van der Waals surface area contributed by atoms with E-state index in [9.17, 15) is 35.9 Å². The summed E-state index contributed by atoms with van der Waals surface area (Å²) in [5, 5.41) is 0. The Morgan fingerprint density at radius 2 is 1.50 bits per heavy atom. The topological polar surface area (TPSA) is 52.6 Å². The summed E-state index contributed by atoms with van der Waals surface area (Å²) in [4.78, 5) is 23.2. The number of halogens is 6. The Labute approximate surface area is 148 Å². The van der Waals surface area contributed by atoms with Crippen molar-refractivity contribution in [2.45, 2.75) is 83.9 Å². The van der Waals surface area contributed by atoms with Gasteiger partial charge in [0.15, 0.2) is 0 Å². The normalized spacial score (nSPS) is 16.1. The lowest BCUT2D eigenvalue weighted by Crippen LogP contribution is -2.45. The maximum Gasteiger partial charge on any atom is 0.434 e. The molecule has 0 saturated carbocycles. The molecule has 10 heteroatoms. The zero-order chi connectivity index (χ0) is 20.8. The van der Waals surface area contributed by atoms with E-state index < -0.39 is 42.4 Å². The molecule has 0 saturated heterocycles. The number of esters is 2. The van der Waals surface area contributed by atoms with Crippen molar-refractivity contribution in [3.8, 4) is 0 Å². The minimum Gasteiger partial charge on any atom is -0.459 e. The molecule has 0 aromatic carbocycles. The Hall–Kier alpha value is -1.48. The molecule has 0 radical (unpaired) electrons. The van der Waals surface area contributed by atoms with Gasteiger partial charge in [0.2, 0.25) is 0 Å². The van der Waals surface area contributed by atoms with Gasteiger partial charge in [-0.2, -0.15) is 26.3 Å². The first-order valence-corrected chi connectivity index (χ1v) is 8.22. The van der Waals surface area contributed by atoms with Crippen molar-refractivity contribution in [3.05, 3.63) is 0 Å². The summed E-state index contributed by atoms with van der Waals surface area (Å²) in [7, 11) is 0. The molecule has 0 aliphatic carbocycles. The summed E-state index contributed by atoms with van der Waals surface area (Å²) < 4.78 is 83.0. The smallest absolute Gasteiger partial charge is 0.434 e. The summed E-state index contributed by atoms with van der Waals surface area (Å²) in [6, 6.07) is 0. The van der Waals surface area contributed by atoms with Crippen molar-refractivity contribution in [3.63, 3.8) is 0 Å². The number of ether oxygens (including phenoxy) is 2. The van der Waals surface area contributed by atoms with Crippen LogP contribution in [0.5, 0.6) is 0 Å². The van der Waals surface area contributed by atoms with Crippen LogP contribution in [0.4, 0.5) is 26.3 Å². The van der Waals surface area contributed by atoms with E-state index in [0.29, 0.717) is 12.8 Å². The molecule has 0 aromatic rings. The second-order valence-electron chi connectivity index (χ2n) is 6.34. The van der Waals surface area contributed by atoms with Gasteiger partial charge in [0.05, 0.1) is 5.92 Å². The summed E-state index contributed by atoms with van der Waals surface area (Å²) in [6.07, 6.45) is -15.3. The van der Waals surface area contributed by atoms with Crippen LogP contribution in [0.25, 0.3) is 0 Å². The van der Waals surface area contributed by atoms with Crippen LogP contribution in [0.1, 0.15) is 59.8 Å². The summed E-state index contributed by atoms with van der Waals surface area (Å²) >= 11 is 0. The molecule has 26 heavy (non-hydrogen) atoms. The maximum absolute atomic E-state index is 12.3. The van der Waals surface area contributed by atoms with E-state index in [1.54, 1.807) is 27.7 Å². The minimum atomic E-state index is -5.74. The van der Waals surface area contributed by atoms with Gasteiger partial charge in [0.25, 0.3) is 6.10 Å². The Morgan fingerprint density at radius 1 is 1.00 bits per heavy atom. The lowest BCUT2D eigenvalue weighted by Gasteiger charge is -2.30. The standard InChI is InChI=1S/C16H24F6O4/c1-5-10(3)12(24)26-14(4,6-2)9-7-8-11(23)25-13(15(17,18)19)16(20,21)22/h10,13H,5-9H2,1-4H3. The SMILES string of the molecule is CCC(C)C(=O)OC(C)(CC)CCCC(=O)OC(C(F)(F)F)C(F)(F)F. The molecule has 4 nitrogen and oxygen atoms in total. The predicted octanol–water partition coefficient (Wildman–Crippen LogP) is 4.95. The maximum atomic E-state index is 12.3. The zero-order valence-electron chi connectivity index (χ0n) is 15.1. The molecule has 0 rings (SSSR count). The molecule has 0 aliphatic heterocycles. The molecule has 0 N–H and O–H groups in total. The van der Waals surface area contributed by atoms with Gasteiger partial charge < -0.3 is 9.47 Å². The van der Waals surface area contributed by atoms with Crippen molar-refractivity contribution >= 4 is 11.9 Å². The number of carbonyl (C=O) groups excluding carboxylic acids is 2. The van der Waals surface area contributed by atoms with Gasteiger partial charge in [0.1, 0.15) is 5.60 Å². The van der Waals surface area contributed by atoms with Crippen LogP contribution in [0.2, 0.25) is 0 Å². The number of carbonyl (C=O) groups is 2. The molecule has 0 bridgehead atoms. The van der Waals surface area contributed by atoms with Crippen LogP contribution in [0, 0.1) is 5.92 Å². The Balaban J connectivity index is 4.68. The average Bonchev–Trinajstić information content (AvgIpc) is 2.49. The Morgan fingerprint density at radius 3 is 1.88 bits per heavy atom. The minimum absolute atomic E-state index is 0.0839. The van der Waals surface area contributed by atoms with Gasteiger partial charge in [0, 0.05) is 6.42 Å². The van der Waals surface area contributed by atoms with E-state index in [1.165, 1.54) is 0 Å². The van der Waals surface area contributed by atoms with E-state index in [1.807, 2.05) is 0 Å². The summed E-state index contributed by atoms with van der Waals surface area (Å²) in [5.74, 6) is -2.41. The molecule has 2 atom stereocenters. The largest absolute Gasteiger partial charge is 0.459 e. The first kappa shape index (κ1) is 24.5. The molecule has 0 fully saturated rings. The third kappa shape index (κ3) is 8.27. The van der Waals surface area contributed by atoms with Crippen LogP contribution >= 0.6 is 0 Å². The van der Waals surface area contributed by atoms with Crippen LogP contribution in [-0.2, 0) is 19.1 Å². The second-order valence-corrected chi connectivity index (χ2v) is 6.34. The highest BCUT2D eigenvalue weighted by Crippen LogP contribution is 2.36. The second kappa shape index (κ2) is 9.45. The average molecular weight is 394 g/mol. The number of alkyl halides is 6. The van der Waals surface area contributed by atoms with Crippen molar-refractivity contribution < 1.29 is 45.4 Å². The molecule has 0 aliphatic rings. The van der Waals surface area contributed by atoms with Gasteiger partial charge >= 0.3 is 24.3 Å². The molecule has 0 amide bonds. The highest BCUT2D eigenvalue weighted by Gasteiger charge is 2.59. The first-order chi connectivity index (χ1) is 11.7. The molecular weight excluding hydrogens is 370 g/mol. The van der Waals surface area contributed by atoms with Gasteiger partial charge in [-0.3, -0.25) is 9.59 Å².